The Balaban J connectivity index is 4.37. The SMILES string of the molecule is CC/C=C\C/C=C\C/C=C\C/C=C\C/C=C\CCCCCC(=O)OC(COC(=O)CCCCCCCCCCCCCCCC)COP(=O)(O)OCC(O)CO. The zero-order chi connectivity index (χ0) is 41.2. The van der Waals surface area contributed by atoms with E-state index in [9.17, 15) is 24.2 Å². The highest BCUT2D eigenvalue weighted by Gasteiger charge is 2.27. The fourth-order valence-electron chi connectivity index (χ4n) is 5.61. The van der Waals surface area contributed by atoms with Gasteiger partial charge in [0.25, 0.3) is 0 Å². The number of phosphoric acid groups is 1. The molecule has 0 heterocycles. The molecule has 3 unspecified atom stereocenters. The molecule has 0 aliphatic heterocycles. The fourth-order valence-corrected chi connectivity index (χ4v) is 6.40. The number of carbonyl (C=O) groups is 2. The van der Waals surface area contributed by atoms with Crippen molar-refractivity contribution in [3.05, 3.63) is 60.8 Å². The number of rotatable bonds is 40. The van der Waals surface area contributed by atoms with Crippen LogP contribution < -0.4 is 0 Å². The van der Waals surface area contributed by atoms with E-state index in [1.165, 1.54) is 64.2 Å². The first-order chi connectivity index (χ1) is 27.2. The van der Waals surface area contributed by atoms with Gasteiger partial charge in [0.05, 0.1) is 19.8 Å². The van der Waals surface area contributed by atoms with Crippen molar-refractivity contribution in [2.24, 2.45) is 0 Å². The summed E-state index contributed by atoms with van der Waals surface area (Å²) in [6, 6.07) is 0. The molecule has 0 bridgehead atoms. The molecule has 0 aromatic carbocycles. The average Bonchev–Trinajstić information content (AvgIpc) is 3.19. The van der Waals surface area contributed by atoms with Crippen LogP contribution in [-0.2, 0) is 32.7 Å². The van der Waals surface area contributed by atoms with Crippen LogP contribution in [-0.4, -0.2) is 65.7 Å². The van der Waals surface area contributed by atoms with Gasteiger partial charge in [0.1, 0.15) is 12.7 Å². The lowest BCUT2D eigenvalue weighted by Gasteiger charge is -2.20. The van der Waals surface area contributed by atoms with Gasteiger partial charge in [0.15, 0.2) is 6.10 Å². The lowest BCUT2D eigenvalue weighted by Crippen LogP contribution is -2.29. The van der Waals surface area contributed by atoms with Gasteiger partial charge < -0.3 is 24.6 Å². The zero-order valence-corrected chi connectivity index (χ0v) is 36.0. The molecule has 0 amide bonds. The van der Waals surface area contributed by atoms with Crippen LogP contribution in [0.4, 0.5) is 0 Å². The van der Waals surface area contributed by atoms with Crippen LogP contribution in [0.3, 0.4) is 0 Å². The van der Waals surface area contributed by atoms with Gasteiger partial charge in [-0.1, -0.05) is 164 Å². The maximum Gasteiger partial charge on any atom is 0.472 e. The maximum atomic E-state index is 12.6. The van der Waals surface area contributed by atoms with Gasteiger partial charge in [0, 0.05) is 12.8 Å². The van der Waals surface area contributed by atoms with Crippen LogP contribution in [0.2, 0.25) is 0 Å². The predicted octanol–water partition coefficient (Wildman–Crippen LogP) is 11.5. The maximum absolute atomic E-state index is 12.6. The highest BCUT2D eigenvalue weighted by Crippen LogP contribution is 2.43. The number of aliphatic hydroxyl groups excluding tert-OH is 2. The number of hydrogen-bond acceptors (Lipinski definition) is 9. The van der Waals surface area contributed by atoms with E-state index >= 15 is 0 Å². The first-order valence-electron chi connectivity index (χ1n) is 21.7. The van der Waals surface area contributed by atoms with Crippen molar-refractivity contribution in [2.75, 3.05) is 26.4 Å². The minimum Gasteiger partial charge on any atom is -0.462 e. The highest BCUT2D eigenvalue weighted by atomic mass is 31.2. The molecule has 324 valence electrons. The topological polar surface area (TPSA) is 149 Å². The average molecular weight is 811 g/mol. The molecular formula is C45H79O10P. The molecule has 0 saturated carbocycles. The van der Waals surface area contributed by atoms with E-state index in [0.717, 1.165) is 70.6 Å². The van der Waals surface area contributed by atoms with Crippen molar-refractivity contribution in [3.8, 4) is 0 Å². The largest absolute Gasteiger partial charge is 0.472 e. The molecule has 0 radical (unpaired) electrons. The predicted molar refractivity (Wildman–Crippen MR) is 228 cm³/mol. The number of esters is 2. The Morgan fingerprint density at radius 1 is 0.554 bits per heavy atom. The molecule has 0 fully saturated rings. The third-order valence-corrected chi connectivity index (χ3v) is 9.89. The monoisotopic (exact) mass is 811 g/mol. The Morgan fingerprint density at radius 3 is 1.48 bits per heavy atom. The second-order valence-electron chi connectivity index (χ2n) is 14.3. The Labute approximate surface area is 340 Å². The fraction of sp³-hybridized carbons (Fsp3) is 0.733. The Hall–Kier alpha value is -2.33. The van der Waals surface area contributed by atoms with Crippen molar-refractivity contribution in [1.82, 2.24) is 0 Å². The standard InChI is InChI=1S/C45H79O10P/c1-3-5-7-9-11-13-15-17-19-20-21-22-23-25-27-29-31-33-35-37-45(49)55-43(41-54-56(50,51)53-39-42(47)38-46)40-52-44(48)36-34-32-30-28-26-24-18-16-14-12-10-8-6-4-2/h5,7,11,13,17,19,21-22,25,27,42-43,46-47H,3-4,6,8-10,12,14-16,18,20,23-24,26,28-41H2,1-2H3,(H,50,51)/b7-5-,13-11-,19-17-,22-21-,27-25-. The summed E-state index contributed by atoms with van der Waals surface area (Å²) in [6.07, 6.45) is 44.7. The molecule has 0 saturated heterocycles. The molecule has 0 aromatic heterocycles. The van der Waals surface area contributed by atoms with Crippen LogP contribution in [0.1, 0.15) is 174 Å². The number of hydrogen-bond donors (Lipinski definition) is 3. The molecule has 0 spiro atoms. The van der Waals surface area contributed by atoms with E-state index in [0.29, 0.717) is 12.8 Å². The van der Waals surface area contributed by atoms with Gasteiger partial charge in [-0.2, -0.15) is 0 Å². The molecular weight excluding hydrogens is 731 g/mol. The van der Waals surface area contributed by atoms with E-state index in [2.05, 4.69) is 79.1 Å². The molecule has 0 aromatic rings. The minimum atomic E-state index is -4.63. The first kappa shape index (κ1) is 53.7. The molecule has 0 rings (SSSR count). The second-order valence-corrected chi connectivity index (χ2v) is 15.8. The van der Waals surface area contributed by atoms with Gasteiger partial charge >= 0.3 is 19.8 Å². The minimum absolute atomic E-state index is 0.144. The summed E-state index contributed by atoms with van der Waals surface area (Å²) in [5, 5.41) is 18.3. The van der Waals surface area contributed by atoms with Gasteiger partial charge in [-0.25, -0.2) is 4.57 Å². The molecule has 3 atom stereocenters. The third kappa shape index (κ3) is 39.9. The molecule has 0 aliphatic carbocycles. The molecule has 56 heavy (non-hydrogen) atoms. The molecule has 11 heteroatoms. The van der Waals surface area contributed by atoms with Crippen LogP contribution in [0, 0.1) is 0 Å². The number of unbranched alkanes of at least 4 members (excludes halogenated alkanes) is 16. The van der Waals surface area contributed by atoms with E-state index in [4.69, 9.17) is 19.1 Å². The van der Waals surface area contributed by atoms with E-state index in [1.54, 1.807) is 0 Å². The van der Waals surface area contributed by atoms with Crippen molar-refractivity contribution in [2.45, 2.75) is 187 Å². The summed E-state index contributed by atoms with van der Waals surface area (Å²) >= 11 is 0. The quantitative estimate of drug-likeness (QED) is 0.0236. The van der Waals surface area contributed by atoms with E-state index in [1.807, 2.05) is 0 Å². The van der Waals surface area contributed by atoms with Crippen molar-refractivity contribution < 1.29 is 47.8 Å². The summed E-state index contributed by atoms with van der Waals surface area (Å²) in [5.41, 5.74) is 0. The number of aliphatic hydroxyl groups is 2. The number of allylic oxidation sites excluding steroid dienone is 10. The van der Waals surface area contributed by atoms with Gasteiger partial charge in [-0.05, 0) is 57.8 Å². The molecule has 0 aliphatic rings. The number of carbonyl (C=O) groups excluding carboxylic acids is 2. The normalized spacial score (nSPS) is 14.4. The Morgan fingerprint density at radius 2 is 0.982 bits per heavy atom. The zero-order valence-electron chi connectivity index (χ0n) is 35.1. The molecule has 3 N–H and O–H groups in total. The summed E-state index contributed by atoms with van der Waals surface area (Å²) in [4.78, 5) is 35.0. The summed E-state index contributed by atoms with van der Waals surface area (Å²) in [5.74, 6) is -0.963. The van der Waals surface area contributed by atoms with Crippen LogP contribution >= 0.6 is 7.82 Å². The third-order valence-electron chi connectivity index (χ3n) is 8.94. The van der Waals surface area contributed by atoms with Crippen LogP contribution in [0.15, 0.2) is 60.8 Å². The van der Waals surface area contributed by atoms with E-state index in [-0.39, 0.29) is 19.4 Å². The second kappa shape index (κ2) is 40.9. The van der Waals surface area contributed by atoms with Gasteiger partial charge in [-0.3, -0.25) is 18.6 Å². The lowest BCUT2D eigenvalue weighted by molar-refractivity contribution is -0.161. The number of ether oxygens (including phenoxy) is 2. The van der Waals surface area contributed by atoms with Gasteiger partial charge in [0.2, 0.25) is 0 Å². The summed E-state index contributed by atoms with van der Waals surface area (Å²) in [7, 11) is -4.63. The lowest BCUT2D eigenvalue weighted by atomic mass is 10.0. The summed E-state index contributed by atoms with van der Waals surface area (Å²) < 4.78 is 32.7. The van der Waals surface area contributed by atoms with Crippen LogP contribution in [0.5, 0.6) is 0 Å². The van der Waals surface area contributed by atoms with Gasteiger partial charge in [-0.15, -0.1) is 0 Å². The van der Waals surface area contributed by atoms with Crippen molar-refractivity contribution >= 4 is 19.8 Å². The van der Waals surface area contributed by atoms with E-state index < -0.39 is 51.8 Å². The number of phosphoric ester groups is 1. The Kier molecular flexibility index (Phi) is 39.2. The Bertz CT molecular complexity index is 1120. The summed E-state index contributed by atoms with van der Waals surface area (Å²) in [6.45, 7) is 2.22. The molecule has 10 nitrogen and oxygen atoms in total. The van der Waals surface area contributed by atoms with Crippen molar-refractivity contribution in [1.29, 1.82) is 0 Å². The highest BCUT2D eigenvalue weighted by molar-refractivity contribution is 7.47. The smallest absolute Gasteiger partial charge is 0.462 e. The van der Waals surface area contributed by atoms with Crippen LogP contribution in [0.25, 0.3) is 0 Å². The van der Waals surface area contributed by atoms with Crippen molar-refractivity contribution in [3.63, 3.8) is 0 Å². The first-order valence-corrected chi connectivity index (χ1v) is 23.2.